The van der Waals surface area contributed by atoms with Crippen LogP contribution in [0.5, 0.6) is 0 Å². The largest absolute Gasteiger partial charge is 0.341 e. The molecule has 8 nitrogen and oxygen atoms in total. The Morgan fingerprint density at radius 1 is 1.26 bits per heavy atom. The first-order chi connectivity index (χ1) is 12.8. The van der Waals surface area contributed by atoms with Gasteiger partial charge in [-0.3, -0.25) is 4.79 Å². The zero-order valence-corrected chi connectivity index (χ0v) is 16.8. The van der Waals surface area contributed by atoms with E-state index in [4.69, 9.17) is 17.4 Å². The number of hydrogen-bond donors (Lipinski definition) is 1. The van der Waals surface area contributed by atoms with Gasteiger partial charge in [0.25, 0.3) is 5.95 Å². The molecule has 3 aromatic rings. The van der Waals surface area contributed by atoms with E-state index < -0.39 is 0 Å². The third-order valence-corrected chi connectivity index (χ3v) is 5.11. The summed E-state index contributed by atoms with van der Waals surface area (Å²) in [5, 5.41) is 13.6. The van der Waals surface area contributed by atoms with E-state index in [1.165, 1.54) is 16.4 Å². The van der Waals surface area contributed by atoms with Crippen LogP contribution in [-0.2, 0) is 11.3 Å². The Morgan fingerprint density at radius 3 is 2.59 bits per heavy atom. The summed E-state index contributed by atoms with van der Waals surface area (Å²) in [6, 6.07) is 9.34. The van der Waals surface area contributed by atoms with Gasteiger partial charge in [-0.2, -0.15) is 5.10 Å². The van der Waals surface area contributed by atoms with Crippen LogP contribution in [0, 0.1) is 13.8 Å². The van der Waals surface area contributed by atoms with Crippen molar-refractivity contribution >= 4 is 29.3 Å². The maximum atomic E-state index is 12.4. The first-order valence-electron chi connectivity index (χ1n) is 8.20. The fraction of sp³-hybridized carbons (Fsp3) is 0.294. The fourth-order valence-corrected chi connectivity index (χ4v) is 3.45. The number of carbonyl (C=O) groups excluding carboxylic acids is 1. The van der Waals surface area contributed by atoms with Crippen LogP contribution in [0.15, 0.2) is 35.5 Å². The fourth-order valence-electron chi connectivity index (χ4n) is 2.53. The number of aromatic nitrogens is 5. The molecule has 0 spiro atoms. The minimum Gasteiger partial charge on any atom is -0.341 e. The molecule has 0 atom stereocenters. The lowest BCUT2D eigenvalue weighted by Gasteiger charge is -2.17. The molecular weight excluding hydrogens is 386 g/mol. The van der Waals surface area contributed by atoms with Crippen LogP contribution in [0.2, 0.25) is 5.02 Å². The van der Waals surface area contributed by atoms with Gasteiger partial charge in [-0.1, -0.05) is 35.5 Å². The van der Waals surface area contributed by atoms with Crippen molar-refractivity contribution in [3.05, 3.63) is 52.3 Å². The standard InChI is InChI=1S/C17H20ClN7OS/c1-11-8-12(2)25(22-11)16-20-21-17(24(16)19)27-10-15(26)23(3)9-13-4-6-14(18)7-5-13/h4-8H,9-10,19H2,1-3H3. The van der Waals surface area contributed by atoms with Gasteiger partial charge in [0.2, 0.25) is 11.1 Å². The first-order valence-corrected chi connectivity index (χ1v) is 9.57. The molecule has 10 heteroatoms. The molecule has 0 unspecified atom stereocenters. The van der Waals surface area contributed by atoms with Crippen LogP contribution in [0.1, 0.15) is 17.0 Å². The van der Waals surface area contributed by atoms with Crippen LogP contribution in [0.3, 0.4) is 0 Å². The number of halogens is 1. The lowest BCUT2D eigenvalue weighted by molar-refractivity contribution is -0.127. The van der Waals surface area contributed by atoms with Gasteiger partial charge in [0.1, 0.15) is 0 Å². The predicted molar refractivity (Wildman–Crippen MR) is 105 cm³/mol. The first kappa shape index (κ1) is 19.2. The van der Waals surface area contributed by atoms with Crippen molar-refractivity contribution in [1.82, 2.24) is 29.6 Å². The number of amides is 1. The Kier molecular flexibility index (Phi) is 5.71. The second-order valence-corrected chi connectivity index (χ2v) is 7.54. The van der Waals surface area contributed by atoms with Crippen LogP contribution in [-0.4, -0.2) is 48.3 Å². The molecule has 2 heterocycles. The van der Waals surface area contributed by atoms with Crippen molar-refractivity contribution in [2.75, 3.05) is 18.6 Å². The van der Waals surface area contributed by atoms with E-state index in [2.05, 4.69) is 15.3 Å². The molecule has 0 aliphatic heterocycles. The number of nitrogen functional groups attached to an aromatic ring is 1. The van der Waals surface area contributed by atoms with Crippen molar-refractivity contribution in [1.29, 1.82) is 0 Å². The molecular formula is C17H20ClN7OS. The molecule has 1 aromatic carbocycles. The van der Waals surface area contributed by atoms with E-state index in [0.29, 0.717) is 22.7 Å². The monoisotopic (exact) mass is 405 g/mol. The zero-order chi connectivity index (χ0) is 19.6. The molecule has 0 saturated heterocycles. The van der Waals surface area contributed by atoms with Gasteiger partial charge in [0.05, 0.1) is 11.4 Å². The topological polar surface area (TPSA) is 94.9 Å². The van der Waals surface area contributed by atoms with Gasteiger partial charge in [0.15, 0.2) is 0 Å². The normalized spacial score (nSPS) is 11.0. The number of carbonyl (C=O) groups is 1. The number of hydrogen-bond acceptors (Lipinski definition) is 6. The Hall–Kier alpha value is -2.52. The van der Waals surface area contributed by atoms with E-state index in [1.807, 2.05) is 32.0 Å². The van der Waals surface area contributed by atoms with E-state index in [-0.39, 0.29) is 11.7 Å². The second kappa shape index (κ2) is 8.01. The minimum absolute atomic E-state index is 0.0365. The SMILES string of the molecule is Cc1cc(C)n(-c2nnc(SCC(=O)N(C)Cc3ccc(Cl)cc3)n2N)n1. The Balaban J connectivity index is 1.62. The van der Waals surface area contributed by atoms with Crippen LogP contribution >= 0.6 is 23.4 Å². The highest BCUT2D eigenvalue weighted by atomic mass is 35.5. The molecule has 0 fully saturated rings. The third kappa shape index (κ3) is 4.42. The summed E-state index contributed by atoms with van der Waals surface area (Å²) in [4.78, 5) is 14.0. The van der Waals surface area contributed by atoms with Gasteiger partial charge in [0, 0.05) is 24.3 Å². The maximum Gasteiger partial charge on any atom is 0.271 e. The summed E-state index contributed by atoms with van der Waals surface area (Å²) in [6.07, 6.45) is 0. The number of nitrogens with two attached hydrogens (primary N) is 1. The Morgan fingerprint density at radius 2 is 1.96 bits per heavy atom. The average molecular weight is 406 g/mol. The van der Waals surface area contributed by atoms with Gasteiger partial charge in [-0.25, -0.2) is 9.36 Å². The van der Waals surface area contributed by atoms with E-state index >= 15 is 0 Å². The van der Waals surface area contributed by atoms with Crippen LogP contribution in [0.4, 0.5) is 0 Å². The quantitative estimate of drug-likeness (QED) is 0.499. The Labute approximate surface area is 166 Å². The molecule has 2 aromatic heterocycles. The van der Waals surface area contributed by atoms with Gasteiger partial charge >= 0.3 is 0 Å². The van der Waals surface area contributed by atoms with E-state index in [9.17, 15) is 4.79 Å². The highest BCUT2D eigenvalue weighted by Crippen LogP contribution is 2.18. The van der Waals surface area contributed by atoms with Crippen molar-refractivity contribution in [3.8, 4) is 5.95 Å². The Bertz CT molecular complexity index is 951. The van der Waals surface area contributed by atoms with Crippen LogP contribution in [0.25, 0.3) is 5.95 Å². The number of benzene rings is 1. The number of rotatable bonds is 6. The smallest absolute Gasteiger partial charge is 0.271 e. The molecule has 27 heavy (non-hydrogen) atoms. The van der Waals surface area contributed by atoms with E-state index in [1.54, 1.807) is 28.8 Å². The third-order valence-electron chi connectivity index (χ3n) is 3.93. The van der Waals surface area contributed by atoms with Crippen molar-refractivity contribution in [2.45, 2.75) is 25.5 Å². The number of thioether (sulfide) groups is 1. The summed E-state index contributed by atoms with van der Waals surface area (Å²) in [6.45, 7) is 4.31. The average Bonchev–Trinajstić information content (AvgIpc) is 3.15. The second-order valence-electron chi connectivity index (χ2n) is 6.16. The highest BCUT2D eigenvalue weighted by molar-refractivity contribution is 7.99. The summed E-state index contributed by atoms with van der Waals surface area (Å²) >= 11 is 7.12. The lowest BCUT2D eigenvalue weighted by Crippen LogP contribution is -2.28. The molecule has 0 radical (unpaired) electrons. The molecule has 0 bridgehead atoms. The van der Waals surface area contributed by atoms with Crippen molar-refractivity contribution in [3.63, 3.8) is 0 Å². The van der Waals surface area contributed by atoms with Gasteiger partial charge in [-0.15, -0.1) is 10.2 Å². The lowest BCUT2D eigenvalue weighted by atomic mass is 10.2. The summed E-state index contributed by atoms with van der Waals surface area (Å²) in [5.74, 6) is 6.66. The number of aryl methyl sites for hydroxylation is 2. The van der Waals surface area contributed by atoms with Crippen molar-refractivity contribution < 1.29 is 4.79 Å². The predicted octanol–water partition coefficient (Wildman–Crippen LogP) is 2.20. The highest BCUT2D eigenvalue weighted by Gasteiger charge is 2.17. The zero-order valence-electron chi connectivity index (χ0n) is 15.3. The van der Waals surface area contributed by atoms with Crippen LogP contribution < -0.4 is 5.84 Å². The summed E-state index contributed by atoms with van der Waals surface area (Å²) < 4.78 is 2.97. The minimum atomic E-state index is -0.0365. The van der Waals surface area contributed by atoms with E-state index in [0.717, 1.165) is 17.0 Å². The molecule has 0 aliphatic rings. The molecule has 0 saturated carbocycles. The summed E-state index contributed by atoms with van der Waals surface area (Å²) in [7, 11) is 1.76. The van der Waals surface area contributed by atoms with Gasteiger partial charge < -0.3 is 10.7 Å². The number of nitrogens with zero attached hydrogens (tertiary/aromatic N) is 6. The molecule has 1 amide bonds. The maximum absolute atomic E-state index is 12.4. The van der Waals surface area contributed by atoms with Gasteiger partial charge in [-0.05, 0) is 37.6 Å². The molecule has 3 rings (SSSR count). The molecule has 142 valence electrons. The summed E-state index contributed by atoms with van der Waals surface area (Å²) in [5.41, 5.74) is 2.78. The van der Waals surface area contributed by atoms with Crippen molar-refractivity contribution in [2.24, 2.45) is 0 Å². The molecule has 2 N–H and O–H groups in total. The molecule has 0 aliphatic carbocycles.